The lowest BCUT2D eigenvalue weighted by Crippen LogP contribution is -2.25. The van der Waals surface area contributed by atoms with Crippen molar-refractivity contribution in [2.24, 2.45) is 0 Å². The van der Waals surface area contributed by atoms with Crippen LogP contribution in [0.4, 0.5) is 0 Å². The van der Waals surface area contributed by atoms with Crippen LogP contribution < -0.4 is 5.32 Å². The molecule has 0 saturated heterocycles. The van der Waals surface area contributed by atoms with Gasteiger partial charge in [-0.15, -0.1) is 0 Å². The summed E-state index contributed by atoms with van der Waals surface area (Å²) in [5.41, 5.74) is 1.24. The second-order valence-corrected chi connectivity index (χ2v) is 6.74. The molecule has 108 valence electrons. The first-order valence-corrected chi connectivity index (χ1v) is 8.73. The van der Waals surface area contributed by atoms with E-state index in [2.05, 4.69) is 91.6 Å². The summed E-state index contributed by atoms with van der Waals surface area (Å²) < 4.78 is 4.59. The van der Waals surface area contributed by atoms with Crippen molar-refractivity contribution >= 4 is 38.5 Å². The summed E-state index contributed by atoms with van der Waals surface area (Å²) in [6, 6.07) is 6.54. The molecule has 2 aromatic rings. The molecule has 3 nitrogen and oxygen atoms in total. The highest BCUT2D eigenvalue weighted by Gasteiger charge is 2.20. The summed E-state index contributed by atoms with van der Waals surface area (Å²) in [4.78, 5) is 4.58. The summed E-state index contributed by atoms with van der Waals surface area (Å²) in [7, 11) is 0. The highest BCUT2D eigenvalue weighted by molar-refractivity contribution is 14.1. The first kappa shape index (κ1) is 16.0. The minimum atomic E-state index is 0.116. The third-order valence-electron chi connectivity index (χ3n) is 3.15. The third-order valence-corrected chi connectivity index (χ3v) is 4.54. The van der Waals surface area contributed by atoms with Crippen molar-refractivity contribution in [1.82, 2.24) is 14.9 Å². The van der Waals surface area contributed by atoms with Gasteiger partial charge in [-0.1, -0.05) is 29.8 Å². The Morgan fingerprint density at radius 2 is 2.20 bits per heavy atom. The molecular formula is C15H19BrIN3. The minimum absolute atomic E-state index is 0.116. The zero-order valence-corrected chi connectivity index (χ0v) is 15.5. The van der Waals surface area contributed by atoms with Crippen LogP contribution in [-0.2, 0) is 6.54 Å². The molecule has 0 bridgehead atoms. The molecule has 0 saturated carbocycles. The van der Waals surface area contributed by atoms with E-state index in [9.17, 15) is 0 Å². The SMILES string of the molecule is CCCn1ccnc1C(NCC)c1cc(I)ccc1Br. The Morgan fingerprint density at radius 1 is 1.40 bits per heavy atom. The highest BCUT2D eigenvalue weighted by Crippen LogP contribution is 2.29. The third kappa shape index (κ3) is 3.62. The number of nitrogens with zero attached hydrogens (tertiary/aromatic N) is 2. The summed E-state index contributed by atoms with van der Waals surface area (Å²) >= 11 is 6.02. The molecule has 0 radical (unpaired) electrons. The molecule has 1 atom stereocenters. The molecule has 0 aliphatic heterocycles. The number of hydrogen-bond donors (Lipinski definition) is 1. The van der Waals surface area contributed by atoms with Crippen LogP contribution in [0, 0.1) is 3.57 Å². The largest absolute Gasteiger partial charge is 0.333 e. The van der Waals surface area contributed by atoms with Crippen molar-refractivity contribution in [3.63, 3.8) is 0 Å². The van der Waals surface area contributed by atoms with Crippen molar-refractivity contribution in [3.05, 3.63) is 50.0 Å². The zero-order chi connectivity index (χ0) is 14.5. The smallest absolute Gasteiger partial charge is 0.130 e. The topological polar surface area (TPSA) is 29.9 Å². The monoisotopic (exact) mass is 447 g/mol. The van der Waals surface area contributed by atoms with Crippen LogP contribution >= 0.6 is 38.5 Å². The molecule has 1 aromatic carbocycles. The summed E-state index contributed by atoms with van der Waals surface area (Å²) in [5, 5.41) is 3.55. The maximum Gasteiger partial charge on any atom is 0.130 e. The van der Waals surface area contributed by atoms with Crippen molar-refractivity contribution in [2.45, 2.75) is 32.9 Å². The van der Waals surface area contributed by atoms with E-state index in [0.29, 0.717) is 0 Å². The van der Waals surface area contributed by atoms with Gasteiger partial charge in [0, 0.05) is 27.0 Å². The average molecular weight is 448 g/mol. The maximum atomic E-state index is 4.58. The lowest BCUT2D eigenvalue weighted by molar-refractivity contribution is 0.542. The zero-order valence-electron chi connectivity index (χ0n) is 11.7. The molecule has 0 spiro atoms. The molecule has 0 aliphatic carbocycles. The van der Waals surface area contributed by atoms with Crippen LogP contribution in [-0.4, -0.2) is 16.1 Å². The van der Waals surface area contributed by atoms with Crippen LogP contribution in [0.25, 0.3) is 0 Å². The lowest BCUT2D eigenvalue weighted by Gasteiger charge is -2.21. The fourth-order valence-corrected chi connectivity index (χ4v) is 3.28. The Hall–Kier alpha value is -0.400. The Kier molecular flexibility index (Phi) is 6.04. The molecule has 1 aromatic heterocycles. The van der Waals surface area contributed by atoms with E-state index in [1.807, 2.05) is 6.20 Å². The normalized spacial score (nSPS) is 12.6. The molecule has 5 heteroatoms. The van der Waals surface area contributed by atoms with Gasteiger partial charge in [0.1, 0.15) is 5.82 Å². The van der Waals surface area contributed by atoms with Gasteiger partial charge in [-0.2, -0.15) is 0 Å². The van der Waals surface area contributed by atoms with E-state index in [1.165, 1.54) is 9.13 Å². The predicted octanol–water partition coefficient (Wildman–Crippen LogP) is 4.36. The molecule has 1 N–H and O–H groups in total. The fraction of sp³-hybridized carbons (Fsp3) is 0.400. The minimum Gasteiger partial charge on any atom is -0.333 e. The second-order valence-electron chi connectivity index (χ2n) is 4.64. The predicted molar refractivity (Wildman–Crippen MR) is 94.9 cm³/mol. The number of aryl methyl sites for hydroxylation is 1. The van der Waals surface area contributed by atoms with Gasteiger partial charge < -0.3 is 9.88 Å². The molecule has 1 heterocycles. The van der Waals surface area contributed by atoms with Crippen molar-refractivity contribution in [1.29, 1.82) is 0 Å². The van der Waals surface area contributed by atoms with Gasteiger partial charge in [-0.05, 0) is 59.3 Å². The number of imidazole rings is 1. The summed E-state index contributed by atoms with van der Waals surface area (Å²) in [6.07, 6.45) is 5.05. The highest BCUT2D eigenvalue weighted by atomic mass is 127. The maximum absolute atomic E-state index is 4.58. The van der Waals surface area contributed by atoms with E-state index in [-0.39, 0.29) is 6.04 Å². The van der Waals surface area contributed by atoms with E-state index < -0.39 is 0 Å². The molecule has 2 rings (SSSR count). The van der Waals surface area contributed by atoms with Crippen LogP contribution in [0.1, 0.15) is 37.7 Å². The number of rotatable bonds is 6. The summed E-state index contributed by atoms with van der Waals surface area (Å²) in [5.74, 6) is 1.08. The fourth-order valence-electron chi connectivity index (χ4n) is 2.29. The van der Waals surface area contributed by atoms with Crippen LogP contribution in [0.5, 0.6) is 0 Å². The Balaban J connectivity index is 2.44. The van der Waals surface area contributed by atoms with E-state index in [4.69, 9.17) is 0 Å². The standard InChI is InChI=1S/C15H19BrIN3/c1-3-8-20-9-7-19-15(20)14(18-4-2)12-10-11(17)5-6-13(12)16/h5-7,9-10,14,18H,3-4,8H2,1-2H3. The van der Waals surface area contributed by atoms with Gasteiger partial charge in [0.15, 0.2) is 0 Å². The first-order chi connectivity index (χ1) is 9.67. The Morgan fingerprint density at radius 3 is 2.90 bits per heavy atom. The van der Waals surface area contributed by atoms with E-state index in [1.54, 1.807) is 0 Å². The number of halogens is 2. The number of hydrogen-bond acceptors (Lipinski definition) is 2. The van der Waals surface area contributed by atoms with Crippen LogP contribution in [0.3, 0.4) is 0 Å². The number of benzene rings is 1. The molecule has 0 fully saturated rings. The van der Waals surface area contributed by atoms with Crippen LogP contribution in [0.2, 0.25) is 0 Å². The first-order valence-electron chi connectivity index (χ1n) is 6.86. The summed E-state index contributed by atoms with van der Waals surface area (Å²) in [6.45, 7) is 6.22. The molecule has 20 heavy (non-hydrogen) atoms. The van der Waals surface area contributed by atoms with Gasteiger partial charge in [0.05, 0.1) is 6.04 Å². The number of aromatic nitrogens is 2. The van der Waals surface area contributed by atoms with E-state index >= 15 is 0 Å². The Labute approximate surface area is 142 Å². The van der Waals surface area contributed by atoms with Gasteiger partial charge >= 0.3 is 0 Å². The van der Waals surface area contributed by atoms with Gasteiger partial charge in [-0.25, -0.2) is 4.98 Å². The van der Waals surface area contributed by atoms with Gasteiger partial charge in [0.2, 0.25) is 0 Å². The van der Waals surface area contributed by atoms with Crippen molar-refractivity contribution < 1.29 is 0 Å². The lowest BCUT2D eigenvalue weighted by atomic mass is 10.1. The van der Waals surface area contributed by atoms with E-state index in [0.717, 1.165) is 29.8 Å². The molecule has 0 amide bonds. The molecular weight excluding hydrogens is 429 g/mol. The van der Waals surface area contributed by atoms with Crippen molar-refractivity contribution in [3.8, 4) is 0 Å². The van der Waals surface area contributed by atoms with Gasteiger partial charge in [-0.3, -0.25) is 0 Å². The average Bonchev–Trinajstić information content (AvgIpc) is 2.88. The number of nitrogens with one attached hydrogen (secondary N) is 1. The second kappa shape index (κ2) is 7.56. The van der Waals surface area contributed by atoms with Gasteiger partial charge in [0.25, 0.3) is 0 Å². The molecule has 0 aliphatic rings. The Bertz CT molecular complexity index is 568. The quantitative estimate of drug-likeness (QED) is 0.666. The molecule has 1 unspecified atom stereocenters. The van der Waals surface area contributed by atoms with Crippen LogP contribution in [0.15, 0.2) is 35.1 Å². The van der Waals surface area contributed by atoms with Crippen molar-refractivity contribution in [2.75, 3.05) is 6.54 Å².